The van der Waals surface area contributed by atoms with E-state index in [1.165, 1.54) is 7.11 Å². The molecule has 3 N–H and O–H groups in total. The SMILES string of the molecule is CCc1nc(C(=O)N[C@H](CCC(=O)OC)C(=O)O)n[nH]1. The van der Waals surface area contributed by atoms with Gasteiger partial charge in [-0.3, -0.25) is 14.7 Å². The van der Waals surface area contributed by atoms with Crippen molar-refractivity contribution in [3.8, 4) is 0 Å². The lowest BCUT2D eigenvalue weighted by Crippen LogP contribution is -2.41. The summed E-state index contributed by atoms with van der Waals surface area (Å²) in [7, 11) is 1.20. The Labute approximate surface area is 114 Å². The second-order valence-corrected chi connectivity index (χ2v) is 3.94. The van der Waals surface area contributed by atoms with Gasteiger partial charge in [0.1, 0.15) is 11.9 Å². The zero-order valence-corrected chi connectivity index (χ0v) is 11.2. The second kappa shape index (κ2) is 7.22. The van der Waals surface area contributed by atoms with Crippen LogP contribution in [0.4, 0.5) is 0 Å². The van der Waals surface area contributed by atoms with Crippen LogP contribution < -0.4 is 5.32 Å². The minimum absolute atomic E-state index is 0.0706. The molecule has 1 heterocycles. The van der Waals surface area contributed by atoms with Gasteiger partial charge in [-0.25, -0.2) is 9.78 Å². The van der Waals surface area contributed by atoms with Crippen LogP contribution in [0.15, 0.2) is 0 Å². The predicted octanol–water partition coefficient (Wildman–Crippen LogP) is -0.497. The van der Waals surface area contributed by atoms with Gasteiger partial charge in [-0.1, -0.05) is 6.92 Å². The van der Waals surface area contributed by atoms with Crippen LogP contribution in [0.1, 0.15) is 36.2 Å². The average molecular weight is 284 g/mol. The molecule has 1 amide bonds. The predicted molar refractivity (Wildman–Crippen MR) is 65.9 cm³/mol. The van der Waals surface area contributed by atoms with Crippen LogP contribution in [0.5, 0.6) is 0 Å². The van der Waals surface area contributed by atoms with Crippen LogP contribution >= 0.6 is 0 Å². The molecular weight excluding hydrogens is 268 g/mol. The summed E-state index contributed by atoms with van der Waals surface area (Å²) in [4.78, 5) is 37.6. The summed E-state index contributed by atoms with van der Waals surface area (Å²) < 4.78 is 4.41. The van der Waals surface area contributed by atoms with Crippen molar-refractivity contribution in [2.24, 2.45) is 0 Å². The van der Waals surface area contributed by atoms with Gasteiger partial charge in [-0.15, -0.1) is 5.10 Å². The molecule has 110 valence electrons. The molecule has 0 aromatic carbocycles. The Balaban J connectivity index is 2.63. The van der Waals surface area contributed by atoms with Crippen LogP contribution in [-0.2, 0) is 20.7 Å². The highest BCUT2D eigenvalue weighted by atomic mass is 16.5. The molecule has 1 aromatic heterocycles. The van der Waals surface area contributed by atoms with Crippen LogP contribution in [0.2, 0.25) is 0 Å². The number of esters is 1. The van der Waals surface area contributed by atoms with E-state index in [1.807, 2.05) is 6.92 Å². The molecule has 1 atom stereocenters. The normalized spacial score (nSPS) is 11.7. The van der Waals surface area contributed by atoms with Crippen molar-refractivity contribution in [2.45, 2.75) is 32.2 Å². The summed E-state index contributed by atoms with van der Waals surface area (Å²) in [5.74, 6) is -2.11. The number of nitrogens with one attached hydrogen (secondary N) is 2. The van der Waals surface area contributed by atoms with Crippen molar-refractivity contribution < 1.29 is 24.2 Å². The van der Waals surface area contributed by atoms with Crippen LogP contribution in [0, 0.1) is 0 Å². The van der Waals surface area contributed by atoms with Gasteiger partial charge in [-0.05, 0) is 6.42 Å². The van der Waals surface area contributed by atoms with E-state index >= 15 is 0 Å². The smallest absolute Gasteiger partial charge is 0.326 e. The number of aryl methyl sites for hydroxylation is 1. The summed E-state index contributed by atoms with van der Waals surface area (Å²) in [6.45, 7) is 1.83. The van der Waals surface area contributed by atoms with Crippen molar-refractivity contribution in [3.63, 3.8) is 0 Å². The first kappa shape index (κ1) is 15.6. The minimum Gasteiger partial charge on any atom is -0.480 e. The van der Waals surface area contributed by atoms with Crippen molar-refractivity contribution in [3.05, 3.63) is 11.6 Å². The van der Waals surface area contributed by atoms with Gasteiger partial charge >= 0.3 is 11.9 Å². The van der Waals surface area contributed by atoms with E-state index in [0.717, 1.165) is 0 Å². The number of ether oxygens (including phenoxy) is 1. The quantitative estimate of drug-likeness (QED) is 0.574. The zero-order valence-electron chi connectivity index (χ0n) is 11.2. The van der Waals surface area contributed by atoms with Crippen molar-refractivity contribution in [2.75, 3.05) is 7.11 Å². The maximum atomic E-state index is 11.8. The summed E-state index contributed by atoms with van der Waals surface area (Å²) in [5, 5.41) is 17.5. The number of amides is 1. The highest BCUT2D eigenvalue weighted by molar-refractivity contribution is 5.93. The molecule has 9 heteroatoms. The Hall–Kier alpha value is -2.45. The number of hydrogen-bond acceptors (Lipinski definition) is 6. The lowest BCUT2D eigenvalue weighted by atomic mass is 10.1. The number of rotatable bonds is 7. The second-order valence-electron chi connectivity index (χ2n) is 3.94. The fraction of sp³-hybridized carbons (Fsp3) is 0.545. The third-order valence-corrected chi connectivity index (χ3v) is 2.54. The topological polar surface area (TPSA) is 134 Å². The number of carboxylic acids is 1. The van der Waals surface area contributed by atoms with Crippen molar-refractivity contribution >= 4 is 17.8 Å². The first-order valence-corrected chi connectivity index (χ1v) is 5.99. The fourth-order valence-corrected chi connectivity index (χ4v) is 1.40. The molecule has 0 fully saturated rings. The summed E-state index contributed by atoms with van der Waals surface area (Å²) in [6, 6.07) is -1.20. The van der Waals surface area contributed by atoms with Gasteiger partial charge in [0.05, 0.1) is 7.11 Å². The third kappa shape index (κ3) is 4.34. The Morgan fingerprint density at radius 2 is 2.15 bits per heavy atom. The molecule has 0 saturated carbocycles. The molecule has 0 bridgehead atoms. The van der Waals surface area contributed by atoms with E-state index in [9.17, 15) is 14.4 Å². The number of hydrogen-bond donors (Lipinski definition) is 3. The third-order valence-electron chi connectivity index (χ3n) is 2.54. The Bertz CT molecular complexity index is 499. The first-order chi connectivity index (χ1) is 9.47. The van der Waals surface area contributed by atoms with Crippen LogP contribution in [0.25, 0.3) is 0 Å². The highest BCUT2D eigenvalue weighted by Crippen LogP contribution is 2.01. The molecule has 0 aliphatic heterocycles. The van der Waals surface area contributed by atoms with Gasteiger partial charge in [0.2, 0.25) is 5.82 Å². The largest absolute Gasteiger partial charge is 0.480 e. The number of aromatic nitrogens is 3. The van der Waals surface area contributed by atoms with Gasteiger partial charge in [0, 0.05) is 12.8 Å². The molecule has 0 saturated heterocycles. The number of aromatic amines is 1. The molecule has 0 spiro atoms. The number of nitrogens with zero attached hydrogens (tertiary/aromatic N) is 2. The number of carboxylic acid groups (broad SMARTS) is 1. The van der Waals surface area contributed by atoms with Gasteiger partial charge in [0.25, 0.3) is 5.91 Å². The van der Waals surface area contributed by atoms with Gasteiger partial charge in [-0.2, -0.15) is 0 Å². The lowest BCUT2D eigenvalue weighted by molar-refractivity contribution is -0.142. The van der Waals surface area contributed by atoms with Crippen molar-refractivity contribution in [1.29, 1.82) is 0 Å². The number of methoxy groups -OCH3 is 1. The molecule has 0 aliphatic carbocycles. The molecular formula is C11H16N4O5. The summed E-state index contributed by atoms with van der Waals surface area (Å²) >= 11 is 0. The Morgan fingerprint density at radius 3 is 2.65 bits per heavy atom. The Morgan fingerprint density at radius 1 is 1.45 bits per heavy atom. The number of carbonyl (C=O) groups is 3. The number of carbonyl (C=O) groups excluding carboxylic acids is 2. The monoisotopic (exact) mass is 284 g/mol. The van der Waals surface area contributed by atoms with E-state index in [-0.39, 0.29) is 18.7 Å². The molecule has 20 heavy (non-hydrogen) atoms. The fourth-order valence-electron chi connectivity index (χ4n) is 1.40. The minimum atomic E-state index is -1.24. The molecule has 0 unspecified atom stereocenters. The van der Waals surface area contributed by atoms with Gasteiger partial charge < -0.3 is 15.2 Å². The number of H-pyrrole nitrogens is 1. The standard InChI is InChI=1S/C11H16N4O5/c1-3-7-13-9(15-14-7)10(17)12-6(11(18)19)4-5-8(16)20-2/h6H,3-5H2,1-2H3,(H,12,17)(H,18,19)(H,13,14,15)/t6-/m1/s1. The highest BCUT2D eigenvalue weighted by Gasteiger charge is 2.23. The average Bonchev–Trinajstić information content (AvgIpc) is 2.91. The number of aliphatic carboxylic acids is 1. The lowest BCUT2D eigenvalue weighted by Gasteiger charge is -2.12. The maximum absolute atomic E-state index is 11.8. The Kier molecular flexibility index (Phi) is 5.63. The summed E-state index contributed by atoms with van der Waals surface area (Å²) in [5.41, 5.74) is 0. The van der Waals surface area contributed by atoms with Crippen molar-refractivity contribution in [1.82, 2.24) is 20.5 Å². The molecule has 1 aromatic rings. The van der Waals surface area contributed by atoms with Gasteiger partial charge in [0.15, 0.2) is 0 Å². The van der Waals surface area contributed by atoms with E-state index in [4.69, 9.17) is 5.11 Å². The van der Waals surface area contributed by atoms with E-state index in [1.54, 1.807) is 0 Å². The molecule has 1 rings (SSSR count). The molecule has 0 radical (unpaired) electrons. The summed E-state index contributed by atoms with van der Waals surface area (Å²) in [6.07, 6.45) is 0.395. The van der Waals surface area contributed by atoms with E-state index < -0.39 is 23.9 Å². The van der Waals surface area contributed by atoms with Crippen LogP contribution in [0.3, 0.4) is 0 Å². The molecule has 9 nitrogen and oxygen atoms in total. The maximum Gasteiger partial charge on any atom is 0.326 e. The van der Waals surface area contributed by atoms with Crippen LogP contribution in [-0.4, -0.2) is 51.3 Å². The molecule has 0 aliphatic rings. The van der Waals surface area contributed by atoms with E-state index in [2.05, 4.69) is 25.2 Å². The zero-order chi connectivity index (χ0) is 15.1. The van der Waals surface area contributed by atoms with E-state index in [0.29, 0.717) is 12.2 Å². The first-order valence-electron chi connectivity index (χ1n) is 5.99.